The standard InChI is InChI=1S/C20H18FN5OS2/c1-2-28-20-25-24-19(29-20)26-14-7-4-8-15(27)17(14)16(13(10-22)18(26)23)11-5-3-6-12(21)9-11/h3,5-6,9,16H,2,4,7-8,23H2,1H3. The Kier molecular flexibility index (Phi) is 5.39. The van der Waals surface area contributed by atoms with Crippen molar-refractivity contribution in [3.63, 3.8) is 0 Å². The molecule has 2 aliphatic rings. The SMILES string of the molecule is CCSc1nnc(N2C(N)=C(C#N)C(c3cccc(F)c3)C3=C2CCCC3=O)s1. The van der Waals surface area contributed by atoms with E-state index in [1.807, 2.05) is 6.92 Å². The van der Waals surface area contributed by atoms with Crippen LogP contribution in [0, 0.1) is 17.1 Å². The van der Waals surface area contributed by atoms with E-state index in [0.29, 0.717) is 35.5 Å². The largest absolute Gasteiger partial charge is 0.384 e. The summed E-state index contributed by atoms with van der Waals surface area (Å²) in [7, 11) is 0. The van der Waals surface area contributed by atoms with Crippen LogP contribution in [0.2, 0.25) is 0 Å². The van der Waals surface area contributed by atoms with Crippen molar-refractivity contribution in [1.29, 1.82) is 5.26 Å². The van der Waals surface area contributed by atoms with Crippen LogP contribution in [0.5, 0.6) is 0 Å². The van der Waals surface area contributed by atoms with E-state index in [9.17, 15) is 14.4 Å². The first-order valence-corrected chi connectivity index (χ1v) is 11.0. The van der Waals surface area contributed by atoms with Gasteiger partial charge in [-0.1, -0.05) is 42.2 Å². The second-order valence-corrected chi connectivity index (χ2v) is 9.12. The van der Waals surface area contributed by atoms with Gasteiger partial charge in [-0.15, -0.1) is 10.2 Å². The van der Waals surface area contributed by atoms with Gasteiger partial charge >= 0.3 is 0 Å². The smallest absolute Gasteiger partial charge is 0.219 e. The summed E-state index contributed by atoms with van der Waals surface area (Å²) in [6, 6.07) is 8.16. The quantitative estimate of drug-likeness (QED) is 0.734. The van der Waals surface area contributed by atoms with Gasteiger partial charge in [0.05, 0.1) is 17.6 Å². The predicted molar refractivity (Wildman–Crippen MR) is 111 cm³/mol. The van der Waals surface area contributed by atoms with Crippen molar-refractivity contribution in [2.45, 2.75) is 36.4 Å². The van der Waals surface area contributed by atoms with Crippen molar-refractivity contribution in [2.75, 3.05) is 10.7 Å². The van der Waals surface area contributed by atoms with Gasteiger partial charge in [0.25, 0.3) is 0 Å². The molecule has 148 valence electrons. The molecular weight excluding hydrogens is 409 g/mol. The third-order valence-corrected chi connectivity index (χ3v) is 6.87. The lowest BCUT2D eigenvalue weighted by Gasteiger charge is -2.38. The summed E-state index contributed by atoms with van der Waals surface area (Å²) >= 11 is 2.94. The number of hydrogen-bond donors (Lipinski definition) is 1. The summed E-state index contributed by atoms with van der Waals surface area (Å²) in [5, 5.41) is 18.9. The number of aromatic nitrogens is 2. The van der Waals surface area contributed by atoms with Crippen molar-refractivity contribution in [2.24, 2.45) is 5.73 Å². The first kappa shape index (κ1) is 19.6. The molecule has 9 heteroatoms. The van der Waals surface area contributed by atoms with E-state index >= 15 is 0 Å². The van der Waals surface area contributed by atoms with Crippen LogP contribution in [0.25, 0.3) is 0 Å². The van der Waals surface area contributed by atoms with Crippen molar-refractivity contribution < 1.29 is 9.18 Å². The van der Waals surface area contributed by atoms with E-state index in [-0.39, 0.29) is 17.2 Å². The Balaban J connectivity index is 1.91. The topological polar surface area (TPSA) is 95.9 Å². The molecule has 2 heterocycles. The van der Waals surface area contributed by atoms with Crippen LogP contribution in [-0.4, -0.2) is 21.7 Å². The molecule has 0 amide bonds. The second kappa shape index (κ2) is 7.97. The van der Waals surface area contributed by atoms with Gasteiger partial charge < -0.3 is 5.73 Å². The lowest BCUT2D eigenvalue weighted by molar-refractivity contribution is -0.116. The zero-order valence-corrected chi connectivity index (χ0v) is 17.3. The molecule has 1 aromatic heterocycles. The highest BCUT2D eigenvalue weighted by molar-refractivity contribution is 8.01. The van der Waals surface area contributed by atoms with E-state index in [1.165, 1.54) is 23.5 Å². The van der Waals surface area contributed by atoms with Crippen LogP contribution < -0.4 is 10.6 Å². The number of hydrogen-bond acceptors (Lipinski definition) is 8. The Bertz CT molecular complexity index is 1080. The number of benzene rings is 1. The lowest BCUT2D eigenvalue weighted by Crippen LogP contribution is -2.38. The number of Topliss-reactive ketones (excluding diaryl/α,β-unsaturated/α-hetero) is 1. The van der Waals surface area contributed by atoms with E-state index in [0.717, 1.165) is 15.8 Å². The molecule has 6 nitrogen and oxygen atoms in total. The highest BCUT2D eigenvalue weighted by atomic mass is 32.2. The first-order chi connectivity index (χ1) is 14.0. The molecule has 1 aliphatic heterocycles. The van der Waals surface area contributed by atoms with Crippen LogP contribution in [0.15, 0.2) is 51.3 Å². The summed E-state index contributed by atoms with van der Waals surface area (Å²) in [4.78, 5) is 14.7. The number of nitrogens with two attached hydrogens (primary N) is 1. The molecule has 1 atom stereocenters. The Morgan fingerprint density at radius 1 is 1.41 bits per heavy atom. The number of rotatable bonds is 4. The summed E-state index contributed by atoms with van der Waals surface area (Å²) in [6.07, 6.45) is 1.71. The minimum Gasteiger partial charge on any atom is -0.384 e. The van der Waals surface area contributed by atoms with Gasteiger partial charge in [0.2, 0.25) is 5.13 Å². The molecule has 2 N–H and O–H groups in total. The number of halogens is 1. The molecule has 1 aromatic carbocycles. The zero-order chi connectivity index (χ0) is 20.5. The Hall–Kier alpha value is -2.70. The van der Waals surface area contributed by atoms with E-state index in [2.05, 4.69) is 16.3 Å². The van der Waals surface area contributed by atoms with Gasteiger partial charge in [0.1, 0.15) is 11.6 Å². The van der Waals surface area contributed by atoms with E-state index in [4.69, 9.17) is 5.73 Å². The normalized spacial score (nSPS) is 19.4. The van der Waals surface area contributed by atoms with Gasteiger partial charge in [-0.25, -0.2) is 4.39 Å². The number of anilines is 1. The average molecular weight is 428 g/mol. The van der Waals surface area contributed by atoms with Crippen LogP contribution in [0.1, 0.15) is 37.7 Å². The highest BCUT2D eigenvalue weighted by Gasteiger charge is 2.41. The molecule has 4 rings (SSSR count). The summed E-state index contributed by atoms with van der Waals surface area (Å²) in [6.45, 7) is 2.03. The number of ketones is 1. The number of nitriles is 1. The number of allylic oxidation sites excluding steroid dienone is 3. The molecule has 1 aliphatic carbocycles. The van der Waals surface area contributed by atoms with Gasteiger partial charge in [0, 0.05) is 17.7 Å². The summed E-state index contributed by atoms with van der Waals surface area (Å²) in [5.74, 6) is -0.0566. The minimum absolute atomic E-state index is 0.0431. The fourth-order valence-electron chi connectivity index (χ4n) is 3.80. The maximum atomic E-state index is 13.9. The maximum Gasteiger partial charge on any atom is 0.219 e. The Morgan fingerprint density at radius 2 is 2.24 bits per heavy atom. The molecule has 0 fully saturated rings. The average Bonchev–Trinajstić information content (AvgIpc) is 3.15. The molecule has 0 bridgehead atoms. The summed E-state index contributed by atoms with van der Waals surface area (Å²) < 4.78 is 14.7. The predicted octanol–water partition coefficient (Wildman–Crippen LogP) is 4.09. The van der Waals surface area contributed by atoms with Crippen molar-refractivity contribution >= 4 is 34.0 Å². The highest BCUT2D eigenvalue weighted by Crippen LogP contribution is 2.47. The maximum absolute atomic E-state index is 13.9. The van der Waals surface area contributed by atoms with E-state index < -0.39 is 11.7 Å². The molecule has 0 saturated carbocycles. The molecule has 0 spiro atoms. The zero-order valence-electron chi connectivity index (χ0n) is 15.7. The molecule has 0 saturated heterocycles. The Labute approximate surface area is 175 Å². The summed E-state index contributed by atoms with van der Waals surface area (Å²) in [5.41, 5.74) is 8.46. The first-order valence-electron chi connectivity index (χ1n) is 9.23. The molecule has 1 unspecified atom stereocenters. The van der Waals surface area contributed by atoms with Gasteiger partial charge in [-0.05, 0) is 36.3 Å². The van der Waals surface area contributed by atoms with Crippen LogP contribution in [0.4, 0.5) is 9.52 Å². The van der Waals surface area contributed by atoms with Gasteiger partial charge in [-0.3, -0.25) is 9.69 Å². The lowest BCUT2D eigenvalue weighted by atomic mass is 9.76. The van der Waals surface area contributed by atoms with Crippen LogP contribution in [-0.2, 0) is 4.79 Å². The number of carbonyl (C=O) groups is 1. The molecular formula is C20H18FN5OS2. The Morgan fingerprint density at radius 3 is 2.97 bits per heavy atom. The van der Waals surface area contributed by atoms with Crippen LogP contribution in [0.3, 0.4) is 0 Å². The van der Waals surface area contributed by atoms with E-state index in [1.54, 1.807) is 28.8 Å². The van der Waals surface area contributed by atoms with Gasteiger partial charge in [-0.2, -0.15) is 5.26 Å². The monoisotopic (exact) mass is 427 g/mol. The van der Waals surface area contributed by atoms with Gasteiger partial charge in [0.15, 0.2) is 10.1 Å². The van der Waals surface area contributed by atoms with Crippen LogP contribution >= 0.6 is 23.1 Å². The number of nitrogens with zero attached hydrogens (tertiary/aromatic N) is 4. The molecule has 2 aromatic rings. The number of carbonyl (C=O) groups excluding carboxylic acids is 1. The van der Waals surface area contributed by atoms with Crippen molar-refractivity contribution in [3.8, 4) is 6.07 Å². The van der Waals surface area contributed by atoms with Crippen molar-refractivity contribution in [3.05, 3.63) is 58.3 Å². The molecule has 29 heavy (non-hydrogen) atoms. The number of thioether (sulfide) groups is 1. The molecule has 0 radical (unpaired) electrons. The second-order valence-electron chi connectivity index (χ2n) is 6.65. The van der Waals surface area contributed by atoms with Crippen molar-refractivity contribution in [1.82, 2.24) is 10.2 Å². The fraction of sp³-hybridized carbons (Fsp3) is 0.300. The fourth-order valence-corrected chi connectivity index (χ4v) is 5.58. The minimum atomic E-state index is -0.674. The third-order valence-electron chi connectivity index (χ3n) is 4.95. The third kappa shape index (κ3) is 3.43.